The first-order chi connectivity index (χ1) is 11.3. The van der Waals surface area contributed by atoms with E-state index in [-0.39, 0.29) is 18.7 Å². The summed E-state index contributed by atoms with van der Waals surface area (Å²) in [6, 6.07) is 6.67. The molecule has 0 radical (unpaired) electrons. The smallest absolute Gasteiger partial charge is 0.338 e. The molecule has 3 aliphatic rings. The highest BCUT2D eigenvalue weighted by molar-refractivity contribution is 5.90. The van der Waals surface area contributed by atoms with E-state index in [1.807, 2.05) is 0 Å². The average molecular weight is 331 g/mol. The Bertz CT molecular complexity index is 655. The number of primary amides is 1. The molecule has 1 aromatic carbocycles. The Balaban J connectivity index is 1.63. The lowest BCUT2D eigenvalue weighted by Crippen LogP contribution is -2.57. The Kier molecular flexibility index (Phi) is 4.28. The second-order valence-electron chi connectivity index (χ2n) is 7.68. The van der Waals surface area contributed by atoms with Crippen LogP contribution in [0.25, 0.3) is 0 Å². The molecule has 4 rings (SSSR count). The molecule has 3 aliphatic carbocycles. The minimum atomic E-state index is -0.555. The summed E-state index contributed by atoms with van der Waals surface area (Å²) in [5.41, 5.74) is 5.86. The van der Waals surface area contributed by atoms with E-state index in [4.69, 9.17) is 15.2 Å². The van der Waals surface area contributed by atoms with Crippen LogP contribution < -0.4 is 10.5 Å². The average Bonchev–Trinajstić information content (AvgIpc) is 2.54. The second kappa shape index (κ2) is 6.11. The van der Waals surface area contributed by atoms with Crippen LogP contribution in [-0.2, 0) is 9.53 Å². The van der Waals surface area contributed by atoms with Crippen LogP contribution in [0, 0.1) is 23.2 Å². The zero-order valence-electron chi connectivity index (χ0n) is 14.5. The second-order valence-corrected chi connectivity index (χ2v) is 7.68. The van der Waals surface area contributed by atoms with Crippen LogP contribution in [0.5, 0.6) is 5.75 Å². The van der Waals surface area contributed by atoms with Crippen molar-refractivity contribution in [1.82, 2.24) is 0 Å². The molecule has 2 N–H and O–H groups in total. The minimum absolute atomic E-state index is 0.0236. The molecule has 3 fully saturated rings. The number of benzene rings is 1. The molecule has 0 unspecified atom stereocenters. The zero-order valence-corrected chi connectivity index (χ0v) is 14.5. The number of carbonyl (C=O) groups is 2. The molecule has 0 aliphatic heterocycles. The van der Waals surface area contributed by atoms with Gasteiger partial charge in [0.1, 0.15) is 11.9 Å². The lowest BCUT2D eigenvalue weighted by molar-refractivity contribution is -0.156. The van der Waals surface area contributed by atoms with Gasteiger partial charge in [-0.15, -0.1) is 0 Å². The van der Waals surface area contributed by atoms with Gasteiger partial charge in [0.2, 0.25) is 0 Å². The Morgan fingerprint density at radius 1 is 1.29 bits per heavy atom. The number of esters is 1. The van der Waals surface area contributed by atoms with Crippen LogP contribution >= 0.6 is 0 Å². The van der Waals surface area contributed by atoms with Crippen LogP contribution in [0.4, 0.5) is 0 Å². The van der Waals surface area contributed by atoms with Crippen LogP contribution in [0.15, 0.2) is 24.3 Å². The highest BCUT2D eigenvalue weighted by Gasteiger charge is 2.57. The third-order valence-corrected chi connectivity index (χ3v) is 5.99. The van der Waals surface area contributed by atoms with Gasteiger partial charge in [0.15, 0.2) is 6.61 Å². The maximum atomic E-state index is 12.5. The molecule has 24 heavy (non-hydrogen) atoms. The van der Waals surface area contributed by atoms with E-state index < -0.39 is 5.91 Å². The van der Waals surface area contributed by atoms with E-state index in [9.17, 15) is 9.59 Å². The van der Waals surface area contributed by atoms with Gasteiger partial charge < -0.3 is 15.2 Å². The van der Waals surface area contributed by atoms with E-state index >= 15 is 0 Å². The van der Waals surface area contributed by atoms with Gasteiger partial charge in [-0.2, -0.15) is 0 Å². The topological polar surface area (TPSA) is 78.6 Å². The number of rotatable bonds is 5. The predicted octanol–water partition coefficient (Wildman–Crippen LogP) is 2.78. The normalized spacial score (nSPS) is 30.1. The Morgan fingerprint density at radius 2 is 2.04 bits per heavy atom. The Morgan fingerprint density at radius 3 is 2.67 bits per heavy atom. The Labute approximate surface area is 142 Å². The summed E-state index contributed by atoms with van der Waals surface area (Å²) >= 11 is 0. The van der Waals surface area contributed by atoms with E-state index in [0.717, 1.165) is 6.42 Å². The van der Waals surface area contributed by atoms with E-state index in [0.29, 0.717) is 34.5 Å². The van der Waals surface area contributed by atoms with E-state index in [2.05, 4.69) is 20.8 Å². The fourth-order valence-electron chi connectivity index (χ4n) is 4.33. The molecule has 1 amide bonds. The maximum Gasteiger partial charge on any atom is 0.338 e. The lowest BCUT2D eigenvalue weighted by Gasteiger charge is -2.61. The van der Waals surface area contributed by atoms with Crippen molar-refractivity contribution < 1.29 is 19.1 Å². The van der Waals surface area contributed by atoms with Crippen molar-refractivity contribution in [3.05, 3.63) is 29.8 Å². The van der Waals surface area contributed by atoms with Crippen LogP contribution in [0.1, 0.15) is 44.0 Å². The molecule has 4 atom stereocenters. The summed E-state index contributed by atoms with van der Waals surface area (Å²) in [5, 5.41) is 0. The molecule has 0 aromatic heterocycles. The number of fused-ring (bicyclic) bond motifs is 2. The standard InChI is InChI=1S/C19H25NO4/c1-11-15-8-13(19(15,2)3)9-16(11)24-18(22)12-5-4-6-14(7-12)23-10-17(20)21/h4-7,11,13,15-16H,8-10H2,1-3H3,(H2,20,21)/t11-,13+,15+,16+/m0/s1. The molecule has 1 aromatic rings. The monoisotopic (exact) mass is 331 g/mol. The van der Waals surface area contributed by atoms with Crippen molar-refractivity contribution in [2.75, 3.05) is 6.61 Å². The van der Waals surface area contributed by atoms with Gasteiger partial charge in [-0.25, -0.2) is 4.79 Å². The van der Waals surface area contributed by atoms with Gasteiger partial charge in [0.05, 0.1) is 5.56 Å². The van der Waals surface area contributed by atoms with Crippen LogP contribution in [-0.4, -0.2) is 24.6 Å². The molecule has 0 heterocycles. The predicted molar refractivity (Wildman–Crippen MR) is 89.5 cm³/mol. The third kappa shape index (κ3) is 2.99. The SMILES string of the molecule is C[C@H]1[C@H]2C[C@H](C[C@H]1OC(=O)c1cccc(OCC(N)=O)c1)C2(C)C. The molecular formula is C19H25NO4. The summed E-state index contributed by atoms with van der Waals surface area (Å²) in [7, 11) is 0. The van der Waals surface area contributed by atoms with E-state index in [1.165, 1.54) is 6.42 Å². The van der Waals surface area contributed by atoms with E-state index in [1.54, 1.807) is 24.3 Å². The van der Waals surface area contributed by atoms with Gasteiger partial charge in [0.25, 0.3) is 5.91 Å². The summed E-state index contributed by atoms with van der Waals surface area (Å²) < 4.78 is 11.0. The molecule has 0 saturated heterocycles. The Hall–Kier alpha value is -2.04. The van der Waals surface area contributed by atoms with Crippen molar-refractivity contribution in [2.45, 2.75) is 39.7 Å². The number of hydrogen-bond acceptors (Lipinski definition) is 4. The largest absolute Gasteiger partial charge is 0.484 e. The summed E-state index contributed by atoms with van der Waals surface area (Å²) in [5.74, 6) is 1.18. The zero-order chi connectivity index (χ0) is 17.5. The summed E-state index contributed by atoms with van der Waals surface area (Å²) in [6.07, 6.45) is 2.16. The van der Waals surface area contributed by atoms with Crippen LogP contribution in [0.3, 0.4) is 0 Å². The number of hydrogen-bond donors (Lipinski definition) is 1. The van der Waals surface area contributed by atoms with Crippen molar-refractivity contribution in [1.29, 1.82) is 0 Å². The molecular weight excluding hydrogens is 306 g/mol. The highest BCUT2D eigenvalue weighted by Crippen LogP contribution is 2.61. The van der Waals surface area contributed by atoms with Crippen molar-refractivity contribution in [3.8, 4) is 5.75 Å². The first kappa shape index (κ1) is 16.8. The molecule has 3 saturated carbocycles. The molecule has 5 nitrogen and oxygen atoms in total. The fraction of sp³-hybridized carbons (Fsp3) is 0.579. The van der Waals surface area contributed by atoms with Gasteiger partial charge >= 0.3 is 5.97 Å². The van der Waals surface area contributed by atoms with Gasteiger partial charge in [0, 0.05) is 0 Å². The lowest BCUT2D eigenvalue weighted by atomic mass is 9.45. The quantitative estimate of drug-likeness (QED) is 0.842. The van der Waals surface area contributed by atoms with Crippen molar-refractivity contribution in [2.24, 2.45) is 28.9 Å². The van der Waals surface area contributed by atoms with Crippen molar-refractivity contribution in [3.63, 3.8) is 0 Å². The fourth-order valence-corrected chi connectivity index (χ4v) is 4.33. The van der Waals surface area contributed by atoms with Gasteiger partial charge in [-0.05, 0) is 54.2 Å². The first-order valence-corrected chi connectivity index (χ1v) is 8.51. The van der Waals surface area contributed by atoms with Crippen molar-refractivity contribution >= 4 is 11.9 Å². The summed E-state index contributed by atoms with van der Waals surface area (Å²) in [4.78, 5) is 23.2. The highest BCUT2D eigenvalue weighted by atomic mass is 16.5. The van der Waals surface area contributed by atoms with Crippen LogP contribution in [0.2, 0.25) is 0 Å². The van der Waals surface area contributed by atoms with Gasteiger partial charge in [-0.1, -0.05) is 26.8 Å². The number of ether oxygens (including phenoxy) is 2. The maximum absolute atomic E-state index is 12.5. The molecule has 0 spiro atoms. The number of carbonyl (C=O) groups excluding carboxylic acids is 2. The number of nitrogens with two attached hydrogens (primary N) is 1. The minimum Gasteiger partial charge on any atom is -0.484 e. The number of amides is 1. The third-order valence-electron chi connectivity index (χ3n) is 5.99. The molecule has 5 heteroatoms. The summed E-state index contributed by atoms with van der Waals surface area (Å²) in [6.45, 7) is 6.61. The molecule has 2 bridgehead atoms. The first-order valence-electron chi connectivity index (χ1n) is 8.51. The van der Waals surface area contributed by atoms with Gasteiger partial charge in [-0.3, -0.25) is 4.79 Å². The molecule has 130 valence electrons.